The van der Waals surface area contributed by atoms with Crippen LogP contribution >= 0.6 is 11.6 Å². The summed E-state index contributed by atoms with van der Waals surface area (Å²) in [5.41, 5.74) is 10.2. The van der Waals surface area contributed by atoms with Gasteiger partial charge >= 0.3 is 0 Å². The molecule has 2 rings (SSSR count). The van der Waals surface area contributed by atoms with E-state index in [1.165, 1.54) is 0 Å². The Labute approximate surface area is 112 Å². The molecule has 0 aliphatic heterocycles. The van der Waals surface area contributed by atoms with E-state index in [1.54, 1.807) is 18.2 Å². The Morgan fingerprint density at radius 3 is 2.56 bits per heavy atom. The molecule has 0 aliphatic rings. The van der Waals surface area contributed by atoms with E-state index in [0.29, 0.717) is 16.3 Å². The molecule has 2 nitrogen and oxygen atoms in total. The van der Waals surface area contributed by atoms with Crippen molar-refractivity contribution in [2.45, 2.75) is 20.0 Å². The van der Waals surface area contributed by atoms with Gasteiger partial charge in [0.1, 0.15) is 6.10 Å². The molecule has 0 saturated carbocycles. The average Bonchev–Trinajstić information content (AvgIpc) is 2.35. The molecule has 3 N–H and O–H groups in total. The predicted octanol–water partition coefficient (Wildman–Crippen LogP) is 3.62. The van der Waals surface area contributed by atoms with Gasteiger partial charge in [-0.25, -0.2) is 0 Å². The van der Waals surface area contributed by atoms with Crippen molar-refractivity contribution >= 4 is 17.3 Å². The molecule has 0 heterocycles. The first-order valence-corrected chi connectivity index (χ1v) is 6.17. The minimum atomic E-state index is -0.747. The predicted molar refractivity (Wildman–Crippen MR) is 75.8 cm³/mol. The van der Waals surface area contributed by atoms with Gasteiger partial charge in [-0.1, -0.05) is 29.8 Å². The first kappa shape index (κ1) is 12.9. The molecule has 0 radical (unpaired) electrons. The number of nitrogens with two attached hydrogens (primary N) is 1. The van der Waals surface area contributed by atoms with Crippen molar-refractivity contribution in [2.24, 2.45) is 0 Å². The van der Waals surface area contributed by atoms with Crippen LogP contribution in [-0.4, -0.2) is 5.11 Å². The molecule has 18 heavy (non-hydrogen) atoms. The third kappa shape index (κ3) is 2.35. The molecule has 1 atom stereocenters. The fourth-order valence-corrected chi connectivity index (χ4v) is 2.20. The van der Waals surface area contributed by atoms with Crippen LogP contribution in [0.2, 0.25) is 5.02 Å². The van der Waals surface area contributed by atoms with E-state index in [4.69, 9.17) is 17.3 Å². The number of hydrogen-bond acceptors (Lipinski definition) is 2. The maximum absolute atomic E-state index is 10.5. The van der Waals surface area contributed by atoms with E-state index in [-0.39, 0.29) is 0 Å². The van der Waals surface area contributed by atoms with Crippen molar-refractivity contribution in [1.29, 1.82) is 0 Å². The Morgan fingerprint density at radius 2 is 1.83 bits per heavy atom. The summed E-state index contributed by atoms with van der Waals surface area (Å²) in [4.78, 5) is 0. The summed E-state index contributed by atoms with van der Waals surface area (Å²) in [6.07, 6.45) is -0.747. The molecule has 0 spiro atoms. The number of benzene rings is 2. The Balaban J connectivity index is 2.51. The van der Waals surface area contributed by atoms with Gasteiger partial charge in [-0.3, -0.25) is 0 Å². The lowest BCUT2D eigenvalue weighted by Gasteiger charge is -2.17. The summed E-state index contributed by atoms with van der Waals surface area (Å²) < 4.78 is 0. The average molecular weight is 262 g/mol. The SMILES string of the molecule is Cc1cccc(C(O)c2cc(Cl)ccc2N)c1C. The van der Waals surface area contributed by atoms with Gasteiger partial charge in [0, 0.05) is 16.3 Å². The second kappa shape index (κ2) is 5.01. The van der Waals surface area contributed by atoms with Crippen molar-refractivity contribution in [3.8, 4) is 0 Å². The first-order chi connectivity index (χ1) is 8.50. The minimum absolute atomic E-state index is 0.549. The third-order valence-electron chi connectivity index (χ3n) is 3.28. The number of anilines is 1. The second-order valence-electron chi connectivity index (χ2n) is 4.46. The Bertz CT molecular complexity index is 579. The van der Waals surface area contributed by atoms with Gasteiger partial charge in [0.25, 0.3) is 0 Å². The first-order valence-electron chi connectivity index (χ1n) is 5.80. The van der Waals surface area contributed by atoms with E-state index in [0.717, 1.165) is 16.7 Å². The minimum Gasteiger partial charge on any atom is -0.398 e. The molecule has 0 fully saturated rings. The van der Waals surface area contributed by atoms with Gasteiger partial charge in [0.05, 0.1) is 0 Å². The molecule has 2 aromatic carbocycles. The number of aliphatic hydroxyl groups excluding tert-OH is 1. The molecule has 0 amide bonds. The van der Waals surface area contributed by atoms with Gasteiger partial charge in [-0.15, -0.1) is 0 Å². The van der Waals surface area contributed by atoms with Gasteiger partial charge in [0.2, 0.25) is 0 Å². The van der Waals surface area contributed by atoms with Gasteiger partial charge in [0.15, 0.2) is 0 Å². The van der Waals surface area contributed by atoms with Crippen LogP contribution in [0.15, 0.2) is 36.4 Å². The van der Waals surface area contributed by atoms with Crippen molar-refractivity contribution in [3.05, 3.63) is 63.7 Å². The molecule has 0 bridgehead atoms. The lowest BCUT2D eigenvalue weighted by molar-refractivity contribution is 0.220. The summed E-state index contributed by atoms with van der Waals surface area (Å²) in [6, 6.07) is 11.0. The number of rotatable bonds is 2. The van der Waals surface area contributed by atoms with Gasteiger partial charge in [-0.05, 0) is 48.7 Å². The van der Waals surface area contributed by atoms with Crippen LogP contribution in [0.3, 0.4) is 0 Å². The zero-order valence-electron chi connectivity index (χ0n) is 10.4. The maximum atomic E-state index is 10.5. The van der Waals surface area contributed by atoms with Crippen LogP contribution in [0, 0.1) is 13.8 Å². The van der Waals surface area contributed by atoms with Crippen molar-refractivity contribution in [2.75, 3.05) is 5.73 Å². The van der Waals surface area contributed by atoms with Crippen LogP contribution in [-0.2, 0) is 0 Å². The molecule has 0 saturated heterocycles. The van der Waals surface area contributed by atoms with E-state index < -0.39 is 6.10 Å². The Hall–Kier alpha value is -1.51. The molecule has 0 aliphatic carbocycles. The third-order valence-corrected chi connectivity index (χ3v) is 3.52. The van der Waals surface area contributed by atoms with Crippen LogP contribution in [0.1, 0.15) is 28.4 Å². The molecular weight excluding hydrogens is 246 g/mol. The molecular formula is C15H16ClNO. The fraction of sp³-hybridized carbons (Fsp3) is 0.200. The van der Waals surface area contributed by atoms with Crippen LogP contribution in [0.25, 0.3) is 0 Å². The lowest BCUT2D eigenvalue weighted by Crippen LogP contribution is -2.06. The zero-order chi connectivity index (χ0) is 13.3. The van der Waals surface area contributed by atoms with Gasteiger partial charge < -0.3 is 10.8 Å². The van der Waals surface area contributed by atoms with Crippen LogP contribution < -0.4 is 5.73 Å². The second-order valence-corrected chi connectivity index (χ2v) is 4.90. The molecule has 94 valence electrons. The summed E-state index contributed by atoms with van der Waals surface area (Å²) in [5, 5.41) is 11.0. The number of aryl methyl sites for hydroxylation is 1. The largest absolute Gasteiger partial charge is 0.398 e. The summed E-state index contributed by atoms with van der Waals surface area (Å²) in [6.45, 7) is 4.02. The normalized spacial score (nSPS) is 12.4. The smallest absolute Gasteiger partial charge is 0.106 e. The lowest BCUT2D eigenvalue weighted by atomic mass is 9.94. The van der Waals surface area contributed by atoms with Crippen molar-refractivity contribution < 1.29 is 5.11 Å². The fourth-order valence-electron chi connectivity index (χ4n) is 2.02. The van der Waals surface area contributed by atoms with E-state index in [2.05, 4.69) is 0 Å². The quantitative estimate of drug-likeness (QED) is 0.811. The number of halogens is 1. The Kier molecular flexibility index (Phi) is 3.60. The van der Waals surface area contributed by atoms with Crippen molar-refractivity contribution in [1.82, 2.24) is 0 Å². The number of hydrogen-bond donors (Lipinski definition) is 2. The zero-order valence-corrected chi connectivity index (χ0v) is 11.2. The van der Waals surface area contributed by atoms with E-state index in [9.17, 15) is 5.11 Å². The highest BCUT2D eigenvalue weighted by Gasteiger charge is 2.16. The highest BCUT2D eigenvalue weighted by molar-refractivity contribution is 6.30. The highest BCUT2D eigenvalue weighted by Crippen LogP contribution is 2.31. The maximum Gasteiger partial charge on any atom is 0.106 e. The molecule has 0 aromatic heterocycles. The monoisotopic (exact) mass is 261 g/mol. The topological polar surface area (TPSA) is 46.2 Å². The van der Waals surface area contributed by atoms with E-state index in [1.807, 2.05) is 32.0 Å². The molecule has 3 heteroatoms. The van der Waals surface area contributed by atoms with E-state index >= 15 is 0 Å². The van der Waals surface area contributed by atoms with Crippen LogP contribution in [0.4, 0.5) is 5.69 Å². The molecule has 2 aromatic rings. The van der Waals surface area contributed by atoms with Crippen LogP contribution in [0.5, 0.6) is 0 Å². The number of nitrogen functional groups attached to an aromatic ring is 1. The van der Waals surface area contributed by atoms with Gasteiger partial charge in [-0.2, -0.15) is 0 Å². The summed E-state index contributed by atoms with van der Waals surface area (Å²) in [7, 11) is 0. The summed E-state index contributed by atoms with van der Waals surface area (Å²) in [5.74, 6) is 0. The Morgan fingerprint density at radius 1 is 1.11 bits per heavy atom. The standard InChI is InChI=1S/C15H16ClNO/c1-9-4-3-5-12(10(9)2)15(18)13-8-11(16)6-7-14(13)17/h3-8,15,18H,17H2,1-2H3. The summed E-state index contributed by atoms with van der Waals surface area (Å²) >= 11 is 5.95. The number of aliphatic hydroxyl groups is 1. The highest BCUT2D eigenvalue weighted by atomic mass is 35.5. The molecule has 1 unspecified atom stereocenters. The van der Waals surface area contributed by atoms with Crippen molar-refractivity contribution in [3.63, 3.8) is 0 Å².